The molecule has 0 radical (unpaired) electrons. The van der Waals surface area contributed by atoms with Crippen LogP contribution in [0.4, 0.5) is 0 Å². The molecule has 7 nitrogen and oxygen atoms in total. The van der Waals surface area contributed by atoms with Gasteiger partial charge in [-0.3, -0.25) is 0 Å². The van der Waals surface area contributed by atoms with Crippen molar-refractivity contribution in [3.8, 4) is 6.07 Å². The van der Waals surface area contributed by atoms with Crippen LogP contribution in [0.1, 0.15) is 52.7 Å². The van der Waals surface area contributed by atoms with Crippen molar-refractivity contribution in [2.75, 3.05) is 0 Å². The highest BCUT2D eigenvalue weighted by molar-refractivity contribution is 5.86. The van der Waals surface area contributed by atoms with Gasteiger partial charge in [0.25, 0.3) is 0 Å². The molecule has 0 spiro atoms. The monoisotopic (exact) mass is 295 g/mol. The Morgan fingerprint density at radius 3 is 2.86 bits per heavy atom. The van der Waals surface area contributed by atoms with E-state index in [2.05, 4.69) is 15.3 Å². The van der Waals surface area contributed by atoms with Gasteiger partial charge in [-0.2, -0.15) is 5.26 Å². The maximum atomic E-state index is 10.9. The Morgan fingerprint density at radius 1 is 1.41 bits per heavy atom. The molecule has 2 aromatic rings. The number of aromatic nitrogens is 4. The second-order valence-electron chi connectivity index (χ2n) is 5.09. The van der Waals surface area contributed by atoms with Crippen LogP contribution in [0.5, 0.6) is 0 Å². The standard InChI is InChI=1S/C15H13N5O2/c16-8-10-4-6-14(15(21)22)17-13(10)7-5-11-9-20(19-18-11)12-2-1-3-12/h4-7,9,12H,1-3H2,(H,21,22)/b7-5+. The molecule has 3 rings (SSSR count). The summed E-state index contributed by atoms with van der Waals surface area (Å²) in [7, 11) is 0. The molecule has 7 heteroatoms. The van der Waals surface area contributed by atoms with Crippen molar-refractivity contribution in [2.24, 2.45) is 0 Å². The lowest BCUT2D eigenvalue weighted by atomic mass is 9.93. The van der Waals surface area contributed by atoms with Crippen LogP contribution in [-0.4, -0.2) is 31.1 Å². The average Bonchev–Trinajstić information content (AvgIpc) is 2.91. The Morgan fingerprint density at radius 2 is 2.23 bits per heavy atom. The number of rotatable bonds is 4. The van der Waals surface area contributed by atoms with E-state index < -0.39 is 5.97 Å². The predicted molar refractivity (Wildman–Crippen MR) is 77.7 cm³/mol. The molecule has 1 aliphatic rings. The molecule has 1 fully saturated rings. The summed E-state index contributed by atoms with van der Waals surface area (Å²) in [6.45, 7) is 0. The summed E-state index contributed by atoms with van der Waals surface area (Å²) >= 11 is 0. The fourth-order valence-corrected chi connectivity index (χ4v) is 2.18. The fourth-order valence-electron chi connectivity index (χ4n) is 2.18. The van der Waals surface area contributed by atoms with Crippen molar-refractivity contribution in [2.45, 2.75) is 25.3 Å². The number of nitrogens with zero attached hydrogens (tertiary/aromatic N) is 5. The van der Waals surface area contributed by atoms with Crippen LogP contribution in [0.15, 0.2) is 18.3 Å². The molecule has 0 bridgehead atoms. The first-order valence-corrected chi connectivity index (χ1v) is 6.92. The number of pyridine rings is 1. The lowest BCUT2D eigenvalue weighted by Gasteiger charge is -2.24. The summed E-state index contributed by atoms with van der Waals surface area (Å²) in [5.41, 5.74) is 1.17. The molecule has 22 heavy (non-hydrogen) atoms. The van der Waals surface area contributed by atoms with Crippen LogP contribution in [0.3, 0.4) is 0 Å². The molecule has 1 saturated carbocycles. The second kappa shape index (κ2) is 5.77. The van der Waals surface area contributed by atoms with Crippen molar-refractivity contribution in [1.29, 1.82) is 5.26 Å². The van der Waals surface area contributed by atoms with Gasteiger partial charge in [0.1, 0.15) is 17.5 Å². The zero-order chi connectivity index (χ0) is 15.5. The van der Waals surface area contributed by atoms with Gasteiger partial charge < -0.3 is 5.11 Å². The maximum absolute atomic E-state index is 10.9. The number of carboxylic acid groups (broad SMARTS) is 1. The minimum atomic E-state index is -1.13. The third-order valence-electron chi connectivity index (χ3n) is 3.65. The molecule has 0 unspecified atom stereocenters. The zero-order valence-corrected chi connectivity index (χ0v) is 11.7. The molecule has 2 heterocycles. The quantitative estimate of drug-likeness (QED) is 0.926. The first-order chi connectivity index (χ1) is 10.7. The lowest BCUT2D eigenvalue weighted by molar-refractivity contribution is 0.0690. The van der Waals surface area contributed by atoms with Crippen molar-refractivity contribution in [3.05, 3.63) is 41.0 Å². The zero-order valence-electron chi connectivity index (χ0n) is 11.7. The summed E-state index contributed by atoms with van der Waals surface area (Å²) in [5, 5.41) is 26.1. The number of nitriles is 1. The number of aromatic carboxylic acids is 1. The van der Waals surface area contributed by atoms with E-state index in [4.69, 9.17) is 10.4 Å². The summed E-state index contributed by atoms with van der Waals surface area (Å²) in [5.74, 6) is -1.13. The Bertz CT molecular complexity index is 783. The van der Waals surface area contributed by atoms with Crippen LogP contribution >= 0.6 is 0 Å². The third-order valence-corrected chi connectivity index (χ3v) is 3.65. The van der Waals surface area contributed by atoms with Gasteiger partial charge in [0.05, 0.1) is 23.5 Å². The molecule has 2 aromatic heterocycles. The third kappa shape index (κ3) is 2.72. The van der Waals surface area contributed by atoms with Gasteiger partial charge >= 0.3 is 5.97 Å². The Labute approximate surface area is 126 Å². The first kappa shape index (κ1) is 13.9. The first-order valence-electron chi connectivity index (χ1n) is 6.92. The minimum Gasteiger partial charge on any atom is -0.477 e. The summed E-state index contributed by atoms with van der Waals surface area (Å²) < 4.78 is 1.84. The van der Waals surface area contributed by atoms with E-state index in [9.17, 15) is 4.79 Å². The summed E-state index contributed by atoms with van der Waals surface area (Å²) in [4.78, 5) is 14.9. The van der Waals surface area contributed by atoms with E-state index in [-0.39, 0.29) is 5.69 Å². The van der Waals surface area contributed by atoms with Gasteiger partial charge in [-0.25, -0.2) is 14.5 Å². The van der Waals surface area contributed by atoms with Crippen LogP contribution in [0.2, 0.25) is 0 Å². The maximum Gasteiger partial charge on any atom is 0.354 e. The largest absolute Gasteiger partial charge is 0.477 e. The molecule has 0 atom stereocenters. The minimum absolute atomic E-state index is 0.100. The van der Waals surface area contributed by atoms with Crippen molar-refractivity contribution in [1.82, 2.24) is 20.0 Å². The van der Waals surface area contributed by atoms with Gasteiger partial charge in [0.15, 0.2) is 0 Å². The highest BCUT2D eigenvalue weighted by atomic mass is 16.4. The number of hydrogen-bond acceptors (Lipinski definition) is 5. The normalized spacial score (nSPS) is 14.7. The van der Waals surface area contributed by atoms with Gasteiger partial charge in [0, 0.05) is 0 Å². The molecule has 0 aromatic carbocycles. The van der Waals surface area contributed by atoms with E-state index in [1.165, 1.54) is 18.6 Å². The van der Waals surface area contributed by atoms with Crippen LogP contribution in [0.25, 0.3) is 12.2 Å². The van der Waals surface area contributed by atoms with Crippen molar-refractivity contribution in [3.63, 3.8) is 0 Å². The SMILES string of the molecule is N#Cc1ccc(C(=O)O)nc1/C=C/c1cn(C2CCC2)nn1. The molecule has 0 saturated heterocycles. The topological polar surface area (TPSA) is 105 Å². The van der Waals surface area contributed by atoms with Crippen LogP contribution in [-0.2, 0) is 0 Å². The van der Waals surface area contributed by atoms with Crippen molar-refractivity contribution >= 4 is 18.1 Å². The van der Waals surface area contributed by atoms with Gasteiger partial charge in [-0.05, 0) is 43.5 Å². The Hall–Kier alpha value is -3.01. The Balaban J connectivity index is 1.85. The van der Waals surface area contributed by atoms with Crippen LogP contribution < -0.4 is 0 Å². The predicted octanol–water partition coefficient (Wildman–Crippen LogP) is 2.14. The average molecular weight is 295 g/mol. The lowest BCUT2D eigenvalue weighted by Crippen LogP contribution is -2.17. The second-order valence-corrected chi connectivity index (χ2v) is 5.09. The van der Waals surface area contributed by atoms with E-state index in [0.717, 1.165) is 12.8 Å². The van der Waals surface area contributed by atoms with Crippen LogP contribution in [0, 0.1) is 11.3 Å². The number of carbonyl (C=O) groups is 1. The molecule has 1 aliphatic carbocycles. The molecule has 110 valence electrons. The van der Waals surface area contributed by atoms with E-state index in [1.54, 1.807) is 12.2 Å². The van der Waals surface area contributed by atoms with Gasteiger partial charge in [-0.15, -0.1) is 5.10 Å². The van der Waals surface area contributed by atoms with E-state index in [1.807, 2.05) is 16.9 Å². The molecule has 1 N–H and O–H groups in total. The smallest absolute Gasteiger partial charge is 0.354 e. The van der Waals surface area contributed by atoms with E-state index >= 15 is 0 Å². The number of carboxylic acids is 1. The fraction of sp³-hybridized carbons (Fsp3) is 0.267. The van der Waals surface area contributed by atoms with Gasteiger partial charge in [0.2, 0.25) is 0 Å². The number of hydrogen-bond donors (Lipinski definition) is 1. The van der Waals surface area contributed by atoms with Crippen molar-refractivity contribution < 1.29 is 9.90 Å². The molecule has 0 amide bonds. The molecular formula is C15H13N5O2. The summed E-state index contributed by atoms with van der Waals surface area (Å²) in [6, 6.07) is 5.18. The molecular weight excluding hydrogens is 282 g/mol. The molecule has 0 aliphatic heterocycles. The Kier molecular flexibility index (Phi) is 3.66. The summed E-state index contributed by atoms with van der Waals surface area (Å²) in [6.07, 6.45) is 8.55. The van der Waals surface area contributed by atoms with E-state index in [0.29, 0.717) is 23.0 Å². The highest BCUT2D eigenvalue weighted by Crippen LogP contribution is 2.30. The highest BCUT2D eigenvalue weighted by Gasteiger charge is 2.20. The van der Waals surface area contributed by atoms with Gasteiger partial charge in [-0.1, -0.05) is 5.21 Å².